The molecule has 0 aliphatic carbocycles. The number of thiazole rings is 1. The lowest BCUT2D eigenvalue weighted by atomic mass is 10.0. The van der Waals surface area contributed by atoms with E-state index < -0.39 is 18.1 Å². The Morgan fingerprint density at radius 1 is 1.17 bits per heavy atom. The zero-order valence-corrected chi connectivity index (χ0v) is 21.8. The number of hydrogen-bond donors (Lipinski definition) is 2. The zero-order valence-electron chi connectivity index (χ0n) is 20.1. The van der Waals surface area contributed by atoms with Gasteiger partial charge in [-0.1, -0.05) is 49.4 Å². The third-order valence-electron chi connectivity index (χ3n) is 5.61. The van der Waals surface area contributed by atoms with E-state index >= 15 is 0 Å². The second-order valence-corrected chi connectivity index (χ2v) is 10.3. The highest BCUT2D eigenvalue weighted by molar-refractivity contribution is 7.82. The first-order valence-electron chi connectivity index (χ1n) is 11.4. The molecule has 0 radical (unpaired) electrons. The fraction of sp³-hybridized carbons (Fsp3) is 0.320. The van der Waals surface area contributed by atoms with E-state index in [1.54, 1.807) is 6.20 Å². The van der Waals surface area contributed by atoms with Crippen LogP contribution in [0, 0.1) is 5.92 Å². The summed E-state index contributed by atoms with van der Waals surface area (Å²) in [5, 5.41) is 11.2. The van der Waals surface area contributed by atoms with Crippen LogP contribution in [-0.4, -0.2) is 45.0 Å². The molecule has 2 heterocycles. The van der Waals surface area contributed by atoms with Crippen molar-refractivity contribution >= 4 is 46.1 Å². The lowest BCUT2D eigenvalue weighted by Gasteiger charge is -2.23. The summed E-state index contributed by atoms with van der Waals surface area (Å²) in [7, 11) is 1.30. The number of nitrogens with zero attached hydrogens (tertiary/aromatic N) is 4. The molecule has 0 saturated carbocycles. The Hall–Kier alpha value is -3.44. The minimum atomic E-state index is -0.772. The molecule has 2 atom stereocenters. The number of methoxy groups -OCH3 is 1. The van der Waals surface area contributed by atoms with Gasteiger partial charge in [-0.3, -0.25) is 4.79 Å². The molecule has 9 nitrogen and oxygen atoms in total. The van der Waals surface area contributed by atoms with Crippen LogP contribution in [0.2, 0.25) is 0 Å². The Morgan fingerprint density at radius 2 is 1.94 bits per heavy atom. The van der Waals surface area contributed by atoms with Crippen LogP contribution in [0.5, 0.6) is 5.75 Å². The van der Waals surface area contributed by atoms with Crippen molar-refractivity contribution in [3.63, 3.8) is 0 Å². The van der Waals surface area contributed by atoms with Crippen LogP contribution in [0.15, 0.2) is 59.1 Å². The minimum Gasteiger partial charge on any atom is -0.487 e. The lowest BCUT2D eigenvalue weighted by Crippen LogP contribution is -2.48. The number of ether oxygens (including phenoxy) is 2. The number of aromatic nitrogens is 4. The number of carbonyl (C=O) groups is 2. The first-order chi connectivity index (χ1) is 17.3. The van der Waals surface area contributed by atoms with Crippen molar-refractivity contribution in [1.29, 1.82) is 0 Å². The smallest absolute Gasteiger partial charge is 0.328 e. The van der Waals surface area contributed by atoms with E-state index in [2.05, 4.69) is 33.2 Å². The molecule has 4 rings (SSSR count). The summed E-state index contributed by atoms with van der Waals surface area (Å²) >= 11 is 5.77. The summed E-state index contributed by atoms with van der Waals surface area (Å²) in [4.78, 5) is 29.9. The molecule has 2 aromatic carbocycles. The van der Waals surface area contributed by atoms with E-state index in [4.69, 9.17) is 9.47 Å². The van der Waals surface area contributed by atoms with Crippen molar-refractivity contribution in [1.82, 2.24) is 25.3 Å². The minimum absolute atomic E-state index is 0.145. The highest BCUT2D eigenvalue weighted by atomic mass is 32.2. The molecule has 4 aromatic rings. The SMILES string of the molecule is COC(=O)C(NC(=O)[C@H](Cc1ccccc1)n1cc(COc2ccc3nc(S)sc3c2)nn1)C(C)C. The largest absolute Gasteiger partial charge is 0.487 e. The van der Waals surface area contributed by atoms with Gasteiger partial charge in [-0.25, -0.2) is 14.5 Å². The van der Waals surface area contributed by atoms with Gasteiger partial charge in [0.15, 0.2) is 0 Å². The van der Waals surface area contributed by atoms with Crippen molar-refractivity contribution in [3.8, 4) is 5.75 Å². The van der Waals surface area contributed by atoms with Gasteiger partial charge in [0.1, 0.15) is 34.5 Å². The molecule has 0 fully saturated rings. The predicted octanol–water partition coefficient (Wildman–Crippen LogP) is 3.85. The third-order valence-corrected chi connectivity index (χ3v) is 6.80. The number of carbonyl (C=O) groups excluding carboxylic acids is 2. The van der Waals surface area contributed by atoms with Gasteiger partial charge in [0.05, 0.1) is 23.5 Å². The summed E-state index contributed by atoms with van der Waals surface area (Å²) in [6.45, 7) is 3.87. The number of hydrogen-bond acceptors (Lipinski definition) is 9. The summed E-state index contributed by atoms with van der Waals surface area (Å²) in [5.74, 6) is -0.315. The molecule has 36 heavy (non-hydrogen) atoms. The van der Waals surface area contributed by atoms with Crippen LogP contribution in [0.25, 0.3) is 10.2 Å². The maximum Gasteiger partial charge on any atom is 0.328 e. The van der Waals surface area contributed by atoms with Crippen molar-refractivity contribution in [2.24, 2.45) is 5.92 Å². The van der Waals surface area contributed by atoms with Gasteiger partial charge in [-0.2, -0.15) is 0 Å². The summed E-state index contributed by atoms with van der Waals surface area (Å²) < 4.78 is 14.0. The fourth-order valence-electron chi connectivity index (χ4n) is 3.69. The molecule has 0 spiro atoms. The van der Waals surface area contributed by atoms with Crippen LogP contribution >= 0.6 is 24.0 Å². The number of fused-ring (bicyclic) bond motifs is 1. The average Bonchev–Trinajstić information content (AvgIpc) is 3.49. The van der Waals surface area contributed by atoms with E-state index in [-0.39, 0.29) is 18.4 Å². The van der Waals surface area contributed by atoms with Crippen LogP contribution in [0.3, 0.4) is 0 Å². The number of amides is 1. The van der Waals surface area contributed by atoms with E-state index in [0.29, 0.717) is 22.2 Å². The van der Waals surface area contributed by atoms with E-state index in [1.165, 1.54) is 23.1 Å². The highest BCUT2D eigenvalue weighted by Gasteiger charge is 2.30. The van der Waals surface area contributed by atoms with E-state index in [0.717, 1.165) is 15.8 Å². The Kier molecular flexibility index (Phi) is 8.21. The second-order valence-electron chi connectivity index (χ2n) is 8.56. The average molecular weight is 526 g/mol. The first-order valence-corrected chi connectivity index (χ1v) is 12.7. The number of rotatable bonds is 10. The van der Waals surface area contributed by atoms with Gasteiger partial charge in [-0.05, 0) is 29.7 Å². The summed E-state index contributed by atoms with van der Waals surface area (Å²) in [5.41, 5.74) is 2.38. The number of benzene rings is 2. The van der Waals surface area contributed by atoms with E-state index in [9.17, 15) is 9.59 Å². The van der Waals surface area contributed by atoms with Gasteiger partial charge >= 0.3 is 5.97 Å². The Balaban J connectivity index is 1.51. The number of esters is 1. The number of nitrogens with one attached hydrogen (secondary N) is 1. The van der Waals surface area contributed by atoms with Crippen molar-refractivity contribution in [2.45, 2.75) is 43.3 Å². The van der Waals surface area contributed by atoms with Crippen LogP contribution in [0.4, 0.5) is 0 Å². The topological polar surface area (TPSA) is 108 Å². The highest BCUT2D eigenvalue weighted by Crippen LogP contribution is 2.28. The maximum atomic E-state index is 13.3. The first kappa shape index (κ1) is 25.6. The molecule has 1 N–H and O–H groups in total. The Labute approximate surface area is 218 Å². The van der Waals surface area contributed by atoms with E-state index in [1.807, 2.05) is 62.4 Å². The monoisotopic (exact) mass is 525 g/mol. The number of thiol groups is 1. The lowest BCUT2D eigenvalue weighted by molar-refractivity contribution is -0.146. The van der Waals surface area contributed by atoms with Gasteiger partial charge < -0.3 is 14.8 Å². The Morgan fingerprint density at radius 3 is 2.67 bits per heavy atom. The zero-order chi connectivity index (χ0) is 25.7. The van der Waals surface area contributed by atoms with Crippen molar-refractivity contribution in [3.05, 3.63) is 66.0 Å². The Bertz CT molecular complexity index is 1340. The summed E-state index contributed by atoms with van der Waals surface area (Å²) in [6, 6.07) is 13.7. The van der Waals surface area contributed by atoms with Gasteiger partial charge in [0, 0.05) is 6.42 Å². The predicted molar refractivity (Wildman–Crippen MR) is 139 cm³/mol. The molecule has 0 bridgehead atoms. The van der Waals surface area contributed by atoms with Crippen molar-refractivity contribution in [2.75, 3.05) is 7.11 Å². The summed E-state index contributed by atoms with van der Waals surface area (Å²) in [6.07, 6.45) is 2.06. The van der Waals surface area contributed by atoms with Crippen molar-refractivity contribution < 1.29 is 19.1 Å². The maximum absolute atomic E-state index is 13.3. The molecule has 11 heteroatoms. The normalized spacial score (nSPS) is 12.9. The molecule has 0 saturated heterocycles. The van der Waals surface area contributed by atoms with Crippen LogP contribution in [-0.2, 0) is 27.4 Å². The molecular weight excluding hydrogens is 498 g/mol. The quantitative estimate of drug-likeness (QED) is 0.239. The molecule has 0 aliphatic rings. The van der Waals surface area contributed by atoms with Gasteiger partial charge in [-0.15, -0.1) is 29.1 Å². The van der Waals surface area contributed by atoms with Crippen LogP contribution < -0.4 is 10.1 Å². The molecular formula is C25H27N5O4S2. The molecule has 2 aromatic heterocycles. The molecule has 0 aliphatic heterocycles. The molecule has 1 amide bonds. The van der Waals surface area contributed by atoms with Crippen LogP contribution in [0.1, 0.15) is 31.1 Å². The van der Waals surface area contributed by atoms with Gasteiger partial charge in [0.2, 0.25) is 5.91 Å². The molecule has 1 unspecified atom stereocenters. The third kappa shape index (κ3) is 6.21. The standard InChI is InChI=1S/C25H27N5O4S2/c1-15(2)22(24(32)33-3)27-23(31)20(11-16-7-5-4-6-8-16)30-13-17(28-29-30)14-34-18-9-10-19-21(12-18)36-25(35)26-19/h4-10,12-13,15,20,22H,11,14H2,1-3H3,(H,26,35)(H,27,31)/t20-,22?/m0/s1. The fourth-order valence-corrected chi connectivity index (χ4v) is 4.83. The molecule has 188 valence electrons. The van der Waals surface area contributed by atoms with Gasteiger partial charge in [0.25, 0.3) is 0 Å². The second kappa shape index (κ2) is 11.5.